The Morgan fingerprint density at radius 3 is 2.60 bits per heavy atom. The topological polar surface area (TPSA) is 35.2 Å². The summed E-state index contributed by atoms with van der Waals surface area (Å²) < 4.78 is 5.46. The summed E-state index contributed by atoms with van der Waals surface area (Å²) in [5.74, 6) is 6.84. The summed E-state index contributed by atoms with van der Waals surface area (Å²) in [6.07, 6.45) is 0. The second-order valence-corrected chi connectivity index (χ2v) is 3.90. The first kappa shape index (κ1) is 11.6. The number of ether oxygens (including phenoxy) is 1. The molecule has 2 heteroatoms. The molecule has 1 aromatic rings. The van der Waals surface area contributed by atoms with Gasteiger partial charge < -0.3 is 10.5 Å². The van der Waals surface area contributed by atoms with Crippen LogP contribution in [-0.4, -0.2) is 12.1 Å². The Kier molecular flexibility index (Phi) is 3.76. The molecule has 0 radical (unpaired) electrons. The highest BCUT2D eigenvalue weighted by Gasteiger charge is 2.05. The van der Waals surface area contributed by atoms with E-state index in [0.29, 0.717) is 6.61 Å². The second-order valence-electron chi connectivity index (χ2n) is 3.90. The summed E-state index contributed by atoms with van der Waals surface area (Å²) in [6.45, 7) is 6.36. The van der Waals surface area contributed by atoms with Crippen molar-refractivity contribution in [3.8, 4) is 17.6 Å². The zero-order valence-electron chi connectivity index (χ0n) is 9.50. The molecule has 1 rings (SSSR count). The molecule has 0 aliphatic rings. The van der Waals surface area contributed by atoms with Gasteiger partial charge in [0.05, 0.1) is 17.7 Å². The van der Waals surface area contributed by atoms with E-state index in [1.165, 1.54) is 0 Å². The lowest BCUT2D eigenvalue weighted by molar-refractivity contribution is 0.339. The van der Waals surface area contributed by atoms with E-state index in [4.69, 9.17) is 10.5 Å². The minimum Gasteiger partial charge on any atom is -0.493 e. The number of hydrogen-bond acceptors (Lipinski definition) is 2. The maximum Gasteiger partial charge on any atom is 0.134 e. The molecule has 0 aromatic heterocycles. The van der Waals surface area contributed by atoms with Crippen LogP contribution in [-0.2, 0) is 0 Å². The molecular weight excluding hydrogens is 186 g/mol. The molecule has 0 saturated carbocycles. The third-order valence-corrected chi connectivity index (χ3v) is 1.71. The SMILES string of the molecule is CCOc1ccccc1C#CC(C)(C)N. The molecule has 80 valence electrons. The second kappa shape index (κ2) is 4.86. The summed E-state index contributed by atoms with van der Waals surface area (Å²) in [6, 6.07) is 7.72. The van der Waals surface area contributed by atoms with Crippen LogP contribution in [0, 0.1) is 11.8 Å². The lowest BCUT2D eigenvalue weighted by Gasteiger charge is -2.08. The highest BCUT2D eigenvalue weighted by Crippen LogP contribution is 2.16. The van der Waals surface area contributed by atoms with Crippen LogP contribution in [0.2, 0.25) is 0 Å². The third-order valence-electron chi connectivity index (χ3n) is 1.71. The van der Waals surface area contributed by atoms with E-state index in [0.717, 1.165) is 11.3 Å². The largest absolute Gasteiger partial charge is 0.493 e. The Balaban J connectivity index is 2.97. The van der Waals surface area contributed by atoms with Crippen molar-refractivity contribution in [3.05, 3.63) is 29.8 Å². The average Bonchev–Trinajstić information content (AvgIpc) is 2.16. The minimum absolute atomic E-state index is 0.473. The maximum atomic E-state index is 5.79. The van der Waals surface area contributed by atoms with Gasteiger partial charge in [0.1, 0.15) is 5.75 Å². The van der Waals surface area contributed by atoms with Crippen LogP contribution in [0.25, 0.3) is 0 Å². The van der Waals surface area contributed by atoms with E-state index in [1.807, 2.05) is 45.0 Å². The average molecular weight is 203 g/mol. The van der Waals surface area contributed by atoms with Crippen LogP contribution in [0.4, 0.5) is 0 Å². The van der Waals surface area contributed by atoms with Crippen molar-refractivity contribution < 1.29 is 4.74 Å². The number of rotatable bonds is 2. The molecule has 0 aliphatic heterocycles. The number of hydrogen-bond donors (Lipinski definition) is 1. The standard InChI is InChI=1S/C13H17NO/c1-4-15-12-8-6-5-7-11(12)9-10-13(2,3)14/h5-8H,4,14H2,1-3H3. The molecule has 0 unspecified atom stereocenters. The van der Waals surface area contributed by atoms with Gasteiger partial charge in [0.15, 0.2) is 0 Å². The van der Waals surface area contributed by atoms with Gasteiger partial charge in [-0.1, -0.05) is 24.0 Å². The Labute approximate surface area is 91.4 Å². The first-order valence-electron chi connectivity index (χ1n) is 5.07. The van der Waals surface area contributed by atoms with Gasteiger partial charge in [-0.05, 0) is 32.9 Å². The zero-order chi connectivity index (χ0) is 11.3. The van der Waals surface area contributed by atoms with Gasteiger partial charge in [0.25, 0.3) is 0 Å². The lowest BCUT2D eigenvalue weighted by atomic mass is 10.1. The number of para-hydroxylation sites is 1. The van der Waals surface area contributed by atoms with Crippen molar-refractivity contribution >= 4 is 0 Å². The van der Waals surface area contributed by atoms with E-state index in [2.05, 4.69) is 11.8 Å². The van der Waals surface area contributed by atoms with Gasteiger partial charge in [-0.15, -0.1) is 0 Å². The van der Waals surface area contributed by atoms with E-state index < -0.39 is 5.54 Å². The van der Waals surface area contributed by atoms with Crippen molar-refractivity contribution in [2.45, 2.75) is 26.3 Å². The Hall–Kier alpha value is -1.46. The molecule has 0 aliphatic carbocycles. The van der Waals surface area contributed by atoms with Gasteiger partial charge in [-0.25, -0.2) is 0 Å². The van der Waals surface area contributed by atoms with Gasteiger partial charge in [-0.3, -0.25) is 0 Å². The number of benzene rings is 1. The number of nitrogens with two attached hydrogens (primary N) is 1. The fourth-order valence-corrected chi connectivity index (χ4v) is 1.08. The van der Waals surface area contributed by atoms with Gasteiger partial charge in [-0.2, -0.15) is 0 Å². The highest BCUT2D eigenvalue weighted by molar-refractivity contribution is 5.46. The summed E-state index contributed by atoms with van der Waals surface area (Å²) >= 11 is 0. The molecule has 15 heavy (non-hydrogen) atoms. The maximum absolute atomic E-state index is 5.79. The summed E-state index contributed by atoms with van der Waals surface area (Å²) in [7, 11) is 0. The smallest absolute Gasteiger partial charge is 0.134 e. The van der Waals surface area contributed by atoms with Crippen molar-refractivity contribution in [2.75, 3.05) is 6.61 Å². The molecular formula is C13H17NO. The van der Waals surface area contributed by atoms with E-state index in [1.54, 1.807) is 0 Å². The first-order valence-corrected chi connectivity index (χ1v) is 5.07. The normalized spacial score (nSPS) is 10.4. The van der Waals surface area contributed by atoms with E-state index in [9.17, 15) is 0 Å². The Morgan fingerprint density at radius 2 is 2.00 bits per heavy atom. The molecule has 0 spiro atoms. The van der Waals surface area contributed by atoms with E-state index in [-0.39, 0.29) is 0 Å². The van der Waals surface area contributed by atoms with Crippen molar-refractivity contribution in [3.63, 3.8) is 0 Å². The van der Waals surface area contributed by atoms with Crippen molar-refractivity contribution in [1.82, 2.24) is 0 Å². The first-order chi connectivity index (χ1) is 7.03. The Morgan fingerprint density at radius 1 is 1.33 bits per heavy atom. The molecule has 2 nitrogen and oxygen atoms in total. The van der Waals surface area contributed by atoms with Crippen molar-refractivity contribution in [2.24, 2.45) is 5.73 Å². The summed E-state index contributed by atoms with van der Waals surface area (Å²) in [4.78, 5) is 0. The van der Waals surface area contributed by atoms with Gasteiger partial charge in [0, 0.05) is 0 Å². The Bertz CT molecular complexity index is 380. The quantitative estimate of drug-likeness (QED) is 0.748. The van der Waals surface area contributed by atoms with Crippen LogP contribution in [0.5, 0.6) is 5.75 Å². The molecule has 0 saturated heterocycles. The van der Waals surface area contributed by atoms with Gasteiger partial charge >= 0.3 is 0 Å². The van der Waals surface area contributed by atoms with Crippen molar-refractivity contribution in [1.29, 1.82) is 0 Å². The molecule has 0 heterocycles. The summed E-state index contributed by atoms with van der Waals surface area (Å²) in [5, 5.41) is 0. The highest BCUT2D eigenvalue weighted by atomic mass is 16.5. The van der Waals surface area contributed by atoms with Crippen LogP contribution in [0.3, 0.4) is 0 Å². The van der Waals surface area contributed by atoms with Crippen LogP contribution in [0.1, 0.15) is 26.3 Å². The summed E-state index contributed by atoms with van der Waals surface area (Å²) in [5.41, 5.74) is 6.21. The zero-order valence-corrected chi connectivity index (χ0v) is 9.50. The predicted molar refractivity (Wildman–Crippen MR) is 62.8 cm³/mol. The molecule has 0 fully saturated rings. The minimum atomic E-state index is -0.473. The van der Waals surface area contributed by atoms with Crippen LogP contribution >= 0.6 is 0 Å². The van der Waals surface area contributed by atoms with Crippen LogP contribution < -0.4 is 10.5 Å². The lowest BCUT2D eigenvalue weighted by Crippen LogP contribution is -2.29. The fourth-order valence-electron chi connectivity index (χ4n) is 1.08. The molecule has 2 N–H and O–H groups in total. The van der Waals surface area contributed by atoms with E-state index >= 15 is 0 Å². The fraction of sp³-hybridized carbons (Fsp3) is 0.385. The molecule has 1 aromatic carbocycles. The van der Waals surface area contributed by atoms with Gasteiger partial charge in [0.2, 0.25) is 0 Å². The molecule has 0 atom stereocenters. The third kappa shape index (κ3) is 4.05. The molecule has 0 bridgehead atoms. The predicted octanol–water partition coefficient (Wildman–Crippen LogP) is 2.17. The monoisotopic (exact) mass is 203 g/mol. The molecule has 0 amide bonds. The van der Waals surface area contributed by atoms with Crippen LogP contribution in [0.15, 0.2) is 24.3 Å².